The first-order valence-corrected chi connectivity index (χ1v) is 13.5. The van der Waals surface area contributed by atoms with Crippen LogP contribution in [0.2, 0.25) is 0 Å². The standard InChI is InChI=1S/C14H17N3O.C14H20N2O.C2H6.CH2O/c1-3-12-5-4-6-13(7-12)8-14(9-18)17-11-16(2)10-15-17;1-15-12-7-5-6-11(10-12)13-8-3-4-9-16(2)14(13)17;2*1-2/h4-10H,3,11H2,1-2H3;5-7,10,13,15H,3-4,8-9H2,1-2H3;1-2H3;1H2/b14-8-;;;. The van der Waals surface area contributed by atoms with Gasteiger partial charge in [-0.3, -0.25) is 9.59 Å². The third-order valence-electron chi connectivity index (χ3n) is 6.33. The third-order valence-corrected chi connectivity index (χ3v) is 6.33. The smallest absolute Gasteiger partial charge is 0.229 e. The molecule has 2 aliphatic heterocycles. The van der Waals surface area contributed by atoms with Gasteiger partial charge in [-0.25, -0.2) is 5.01 Å². The van der Waals surface area contributed by atoms with Crippen LogP contribution in [0.5, 0.6) is 0 Å². The highest BCUT2D eigenvalue weighted by Gasteiger charge is 2.26. The zero-order chi connectivity index (χ0) is 29.2. The first-order chi connectivity index (χ1) is 18.9. The summed E-state index contributed by atoms with van der Waals surface area (Å²) in [6, 6.07) is 16.4. The summed E-state index contributed by atoms with van der Waals surface area (Å²) in [5, 5.41) is 8.97. The number of hydrogen-bond acceptors (Lipinski definition) is 7. The number of anilines is 1. The number of carbonyl (C=O) groups is 3. The highest BCUT2D eigenvalue weighted by atomic mass is 16.2. The number of rotatable bonds is 6. The van der Waals surface area contributed by atoms with E-state index in [0.29, 0.717) is 12.4 Å². The van der Waals surface area contributed by atoms with E-state index in [1.54, 1.807) is 11.3 Å². The Morgan fingerprint density at radius 3 is 2.44 bits per heavy atom. The van der Waals surface area contributed by atoms with Crippen LogP contribution in [0.4, 0.5) is 5.69 Å². The van der Waals surface area contributed by atoms with E-state index in [2.05, 4.69) is 41.6 Å². The van der Waals surface area contributed by atoms with Crippen molar-refractivity contribution in [2.24, 2.45) is 5.10 Å². The minimum atomic E-state index is 0.0378. The van der Waals surface area contributed by atoms with Crippen LogP contribution in [0.1, 0.15) is 62.6 Å². The van der Waals surface area contributed by atoms with Gasteiger partial charge in [-0.2, -0.15) is 5.10 Å². The van der Waals surface area contributed by atoms with Crippen molar-refractivity contribution in [2.75, 3.05) is 39.7 Å². The van der Waals surface area contributed by atoms with Gasteiger partial charge in [0.05, 0.1) is 5.92 Å². The number of nitrogens with one attached hydrogen (secondary N) is 1. The molecule has 8 heteroatoms. The van der Waals surface area contributed by atoms with Crippen LogP contribution in [0.25, 0.3) is 6.08 Å². The number of carbonyl (C=O) groups excluding carboxylic acids is 3. The highest BCUT2D eigenvalue weighted by molar-refractivity contribution is 5.84. The van der Waals surface area contributed by atoms with Gasteiger partial charge in [-0.05, 0) is 54.2 Å². The first kappa shape index (κ1) is 33.1. The number of allylic oxidation sites excluding steroid dienone is 1. The fourth-order valence-electron chi connectivity index (χ4n) is 4.24. The van der Waals surface area contributed by atoms with Crippen molar-refractivity contribution < 1.29 is 14.4 Å². The Labute approximate surface area is 234 Å². The van der Waals surface area contributed by atoms with Crippen LogP contribution >= 0.6 is 0 Å². The molecule has 1 fully saturated rings. The van der Waals surface area contributed by atoms with Gasteiger partial charge >= 0.3 is 0 Å². The predicted octanol–water partition coefficient (Wildman–Crippen LogP) is 5.23. The topological polar surface area (TPSA) is 85.3 Å². The van der Waals surface area contributed by atoms with Crippen molar-refractivity contribution in [1.82, 2.24) is 14.8 Å². The second-order valence-corrected chi connectivity index (χ2v) is 9.00. The highest BCUT2D eigenvalue weighted by Crippen LogP contribution is 2.28. The van der Waals surface area contributed by atoms with E-state index in [1.807, 2.05) is 81.9 Å². The van der Waals surface area contributed by atoms with Gasteiger partial charge in [0.25, 0.3) is 0 Å². The molecule has 39 heavy (non-hydrogen) atoms. The molecule has 2 aromatic carbocycles. The second-order valence-electron chi connectivity index (χ2n) is 9.00. The van der Waals surface area contributed by atoms with Gasteiger partial charge in [0, 0.05) is 33.4 Å². The van der Waals surface area contributed by atoms with Crippen LogP contribution in [0.3, 0.4) is 0 Å². The van der Waals surface area contributed by atoms with Gasteiger partial charge in [-0.1, -0.05) is 63.6 Å². The molecule has 0 spiro atoms. The molecule has 1 N–H and O–H groups in total. The minimum absolute atomic E-state index is 0.0378. The molecule has 212 valence electrons. The molecule has 0 aromatic heterocycles. The number of amides is 1. The lowest BCUT2D eigenvalue weighted by atomic mass is 9.93. The second kappa shape index (κ2) is 18.3. The molecule has 2 aromatic rings. The number of benzene rings is 2. The molecular weight excluding hydrogens is 490 g/mol. The third kappa shape index (κ3) is 10.4. The summed E-state index contributed by atoms with van der Waals surface area (Å²) in [6.07, 6.45) is 8.62. The Morgan fingerprint density at radius 1 is 1.10 bits per heavy atom. The van der Waals surface area contributed by atoms with Gasteiger partial charge in [0.1, 0.15) is 25.5 Å². The molecule has 1 saturated heterocycles. The molecule has 4 rings (SSSR count). The van der Waals surface area contributed by atoms with E-state index >= 15 is 0 Å². The van der Waals surface area contributed by atoms with Crippen molar-refractivity contribution in [1.29, 1.82) is 0 Å². The molecule has 0 radical (unpaired) electrons. The predicted molar refractivity (Wildman–Crippen MR) is 162 cm³/mol. The lowest BCUT2D eigenvalue weighted by molar-refractivity contribution is -0.131. The molecule has 0 saturated carbocycles. The molecule has 1 atom stereocenters. The van der Waals surface area contributed by atoms with E-state index in [4.69, 9.17) is 4.79 Å². The van der Waals surface area contributed by atoms with Gasteiger partial charge in [0.15, 0.2) is 6.29 Å². The van der Waals surface area contributed by atoms with E-state index in [9.17, 15) is 9.59 Å². The monoisotopic (exact) mass is 535 g/mol. The molecule has 0 bridgehead atoms. The average molecular weight is 536 g/mol. The summed E-state index contributed by atoms with van der Waals surface area (Å²) in [4.78, 5) is 35.2. The number of hydrazone groups is 1. The maximum Gasteiger partial charge on any atom is 0.229 e. The summed E-state index contributed by atoms with van der Waals surface area (Å²) in [7, 11) is 5.73. The zero-order valence-electron chi connectivity index (χ0n) is 24.4. The lowest BCUT2D eigenvalue weighted by Gasteiger charge is -2.20. The first-order valence-electron chi connectivity index (χ1n) is 13.5. The van der Waals surface area contributed by atoms with Crippen LogP contribution in [0, 0.1) is 0 Å². The van der Waals surface area contributed by atoms with Crippen molar-refractivity contribution in [3.05, 3.63) is 70.9 Å². The number of aryl methyl sites for hydroxylation is 1. The normalized spacial score (nSPS) is 16.6. The number of aldehydes is 1. The zero-order valence-corrected chi connectivity index (χ0v) is 24.4. The fourth-order valence-corrected chi connectivity index (χ4v) is 4.24. The van der Waals surface area contributed by atoms with Crippen LogP contribution < -0.4 is 5.32 Å². The molecule has 2 aliphatic rings. The lowest BCUT2D eigenvalue weighted by Crippen LogP contribution is -2.30. The maximum atomic E-state index is 12.3. The van der Waals surface area contributed by atoms with Crippen molar-refractivity contribution >= 4 is 37.1 Å². The van der Waals surface area contributed by atoms with Gasteiger partial charge < -0.3 is 19.9 Å². The summed E-state index contributed by atoms with van der Waals surface area (Å²) >= 11 is 0. The molecule has 1 unspecified atom stereocenters. The molecule has 8 nitrogen and oxygen atoms in total. The molecule has 1 amide bonds. The number of nitrogens with zero attached hydrogens (tertiary/aromatic N) is 4. The van der Waals surface area contributed by atoms with Crippen molar-refractivity contribution in [3.63, 3.8) is 0 Å². The average Bonchev–Trinajstić information content (AvgIpc) is 3.36. The summed E-state index contributed by atoms with van der Waals surface area (Å²) in [5.74, 6) is 0.298. The Bertz CT molecular complexity index is 1090. The summed E-state index contributed by atoms with van der Waals surface area (Å²) < 4.78 is 0. The maximum absolute atomic E-state index is 12.3. The van der Waals surface area contributed by atoms with Crippen LogP contribution in [-0.2, 0) is 20.8 Å². The molecule has 2 heterocycles. The van der Waals surface area contributed by atoms with E-state index in [0.717, 1.165) is 55.3 Å². The van der Waals surface area contributed by atoms with E-state index in [1.165, 1.54) is 5.56 Å². The quantitative estimate of drug-likeness (QED) is 0.403. The SMILES string of the molecule is C=O.CC.CCc1cccc(/C=C(/C=O)N2CN(C)C=N2)c1.CNc1cccc(C2CCCCN(C)C2=O)c1. The number of likely N-dealkylation sites (N-methyl/N-ethyl adjacent to an activating group) is 1. The Hall–Kier alpha value is -3.94. The van der Waals surface area contributed by atoms with E-state index in [-0.39, 0.29) is 11.8 Å². The molecular formula is C31H45N5O3. The summed E-state index contributed by atoms with van der Waals surface area (Å²) in [5.41, 5.74) is 5.07. The van der Waals surface area contributed by atoms with Crippen LogP contribution in [-0.4, -0.2) is 74.5 Å². The summed E-state index contributed by atoms with van der Waals surface area (Å²) in [6.45, 7) is 9.61. The Balaban J connectivity index is 0.000000347. The number of likely N-dealkylation sites (tertiary alicyclic amines) is 1. The van der Waals surface area contributed by atoms with Crippen LogP contribution in [0.15, 0.2) is 59.3 Å². The van der Waals surface area contributed by atoms with Crippen molar-refractivity contribution in [2.45, 2.75) is 52.4 Å². The Kier molecular flexibility index (Phi) is 15.6. The van der Waals surface area contributed by atoms with Gasteiger partial charge in [-0.15, -0.1) is 0 Å². The number of hydrogen-bond donors (Lipinski definition) is 1. The largest absolute Gasteiger partial charge is 0.388 e. The van der Waals surface area contributed by atoms with E-state index < -0.39 is 0 Å². The Morgan fingerprint density at radius 2 is 1.82 bits per heavy atom. The minimum Gasteiger partial charge on any atom is -0.388 e. The van der Waals surface area contributed by atoms with Gasteiger partial charge in [0.2, 0.25) is 5.91 Å². The fraction of sp³-hybridized carbons (Fsp3) is 0.419. The molecule has 0 aliphatic carbocycles. The van der Waals surface area contributed by atoms with Crippen molar-refractivity contribution in [3.8, 4) is 0 Å².